The van der Waals surface area contributed by atoms with Gasteiger partial charge in [0, 0.05) is 27.0 Å². The molecular formula is C21H16BrClN2O2. The number of halogens is 2. The van der Waals surface area contributed by atoms with Crippen molar-refractivity contribution in [2.45, 2.75) is 25.6 Å². The molecule has 3 heterocycles. The molecular weight excluding hydrogens is 428 g/mol. The van der Waals surface area contributed by atoms with Crippen LogP contribution >= 0.6 is 27.5 Å². The number of nitrogens with zero attached hydrogens (tertiary/aromatic N) is 2. The van der Waals surface area contributed by atoms with E-state index in [4.69, 9.17) is 25.9 Å². The van der Waals surface area contributed by atoms with E-state index in [1.807, 2.05) is 60.5 Å². The molecule has 2 aliphatic rings. The maximum absolute atomic E-state index is 6.34. The zero-order valence-corrected chi connectivity index (χ0v) is 16.9. The Morgan fingerprint density at radius 1 is 1.15 bits per heavy atom. The number of ether oxygens (including phenoxy) is 1. The van der Waals surface area contributed by atoms with Gasteiger partial charge in [-0.15, -0.1) is 0 Å². The van der Waals surface area contributed by atoms with Crippen molar-refractivity contribution in [2.75, 3.05) is 0 Å². The zero-order valence-electron chi connectivity index (χ0n) is 14.5. The van der Waals surface area contributed by atoms with E-state index in [2.05, 4.69) is 22.0 Å². The lowest BCUT2D eigenvalue weighted by Gasteiger charge is -2.38. The molecule has 2 aromatic carbocycles. The molecule has 0 N–H and O–H groups in total. The van der Waals surface area contributed by atoms with Gasteiger partial charge in [-0.05, 0) is 49.4 Å². The maximum Gasteiger partial charge on any atom is 0.213 e. The Kier molecular flexibility index (Phi) is 4.02. The van der Waals surface area contributed by atoms with E-state index in [1.165, 1.54) is 0 Å². The molecule has 0 radical (unpaired) electrons. The summed E-state index contributed by atoms with van der Waals surface area (Å²) in [6, 6.07) is 17.9. The number of aryl methyl sites for hydroxylation is 1. The summed E-state index contributed by atoms with van der Waals surface area (Å²) in [5, 5.41) is 7.58. The number of rotatable bonds is 2. The highest BCUT2D eigenvalue weighted by Crippen LogP contribution is 2.48. The van der Waals surface area contributed by atoms with Crippen LogP contribution in [0, 0.1) is 6.92 Å². The molecule has 0 amide bonds. The smallest absolute Gasteiger partial charge is 0.213 e. The molecule has 5 rings (SSSR count). The third kappa shape index (κ3) is 2.95. The van der Waals surface area contributed by atoms with Crippen LogP contribution in [0.5, 0.6) is 5.75 Å². The molecule has 0 saturated heterocycles. The number of furan rings is 1. The molecule has 3 aromatic rings. The average Bonchev–Trinajstić information content (AvgIpc) is 3.27. The van der Waals surface area contributed by atoms with E-state index < -0.39 is 0 Å². The Morgan fingerprint density at radius 3 is 2.81 bits per heavy atom. The molecule has 0 spiro atoms. The molecule has 4 nitrogen and oxygen atoms in total. The highest BCUT2D eigenvalue weighted by atomic mass is 79.9. The topological polar surface area (TPSA) is 38.0 Å². The van der Waals surface area contributed by atoms with Crippen LogP contribution in [0.2, 0.25) is 5.02 Å². The predicted molar refractivity (Wildman–Crippen MR) is 108 cm³/mol. The Hall–Kier alpha value is -2.24. The first-order chi connectivity index (χ1) is 13.1. The molecule has 2 aliphatic heterocycles. The van der Waals surface area contributed by atoms with Crippen molar-refractivity contribution in [2.24, 2.45) is 5.10 Å². The molecule has 0 bridgehead atoms. The summed E-state index contributed by atoms with van der Waals surface area (Å²) in [7, 11) is 0. The fourth-order valence-electron chi connectivity index (χ4n) is 3.68. The summed E-state index contributed by atoms with van der Waals surface area (Å²) < 4.78 is 13.2. The van der Waals surface area contributed by atoms with Gasteiger partial charge in [0.05, 0.1) is 6.04 Å². The minimum Gasteiger partial charge on any atom is -0.464 e. The second-order valence-corrected chi connectivity index (χ2v) is 8.12. The Morgan fingerprint density at radius 2 is 2.04 bits per heavy atom. The summed E-state index contributed by atoms with van der Waals surface area (Å²) in [6.45, 7) is 1.94. The lowest BCUT2D eigenvalue weighted by atomic mass is 9.97. The number of benzene rings is 2. The van der Waals surface area contributed by atoms with Crippen molar-refractivity contribution in [3.8, 4) is 5.75 Å². The van der Waals surface area contributed by atoms with Crippen molar-refractivity contribution in [3.63, 3.8) is 0 Å². The molecule has 136 valence electrons. The minimum atomic E-state index is -0.337. The van der Waals surface area contributed by atoms with Crippen molar-refractivity contribution in [1.82, 2.24) is 5.01 Å². The van der Waals surface area contributed by atoms with Gasteiger partial charge in [0.25, 0.3) is 0 Å². The predicted octanol–water partition coefficient (Wildman–Crippen LogP) is 6.25. The highest BCUT2D eigenvalue weighted by molar-refractivity contribution is 9.10. The van der Waals surface area contributed by atoms with Crippen LogP contribution in [0.15, 0.2) is 68.6 Å². The van der Waals surface area contributed by atoms with Gasteiger partial charge in [-0.25, -0.2) is 5.01 Å². The second kappa shape index (κ2) is 6.43. The Labute approximate surface area is 170 Å². The van der Waals surface area contributed by atoms with Crippen LogP contribution in [-0.4, -0.2) is 10.7 Å². The van der Waals surface area contributed by atoms with Gasteiger partial charge in [0.15, 0.2) is 0 Å². The molecule has 0 saturated carbocycles. The fourth-order valence-corrected chi connectivity index (χ4v) is 4.25. The minimum absolute atomic E-state index is 0.0793. The monoisotopic (exact) mass is 442 g/mol. The molecule has 1 aromatic heterocycles. The average molecular weight is 444 g/mol. The molecule has 6 heteroatoms. The Balaban J connectivity index is 1.62. The molecule has 2 atom stereocenters. The number of hydrogen-bond acceptors (Lipinski definition) is 4. The number of fused-ring (bicyclic) bond motifs is 3. The third-order valence-corrected chi connectivity index (χ3v) is 5.64. The van der Waals surface area contributed by atoms with Gasteiger partial charge in [-0.1, -0.05) is 39.7 Å². The summed E-state index contributed by atoms with van der Waals surface area (Å²) in [6.07, 6.45) is 0.424. The van der Waals surface area contributed by atoms with Crippen molar-refractivity contribution in [1.29, 1.82) is 0 Å². The van der Waals surface area contributed by atoms with Crippen LogP contribution in [0.1, 0.15) is 41.3 Å². The number of hydrazone groups is 1. The van der Waals surface area contributed by atoms with Gasteiger partial charge < -0.3 is 9.15 Å². The van der Waals surface area contributed by atoms with E-state index in [0.29, 0.717) is 5.02 Å². The first kappa shape index (κ1) is 16.9. The van der Waals surface area contributed by atoms with Gasteiger partial charge in [-0.2, -0.15) is 5.10 Å². The lowest BCUT2D eigenvalue weighted by molar-refractivity contribution is -0.0190. The van der Waals surface area contributed by atoms with E-state index in [-0.39, 0.29) is 12.3 Å². The van der Waals surface area contributed by atoms with Crippen LogP contribution in [0.25, 0.3) is 0 Å². The summed E-state index contributed by atoms with van der Waals surface area (Å²) in [5.74, 6) is 2.56. The molecule has 2 unspecified atom stereocenters. The van der Waals surface area contributed by atoms with Gasteiger partial charge in [0.2, 0.25) is 6.23 Å². The SMILES string of the molecule is Cc1ccc(C2=NN3C(C2)c2cc(Br)ccc2OC3c2cccc(Cl)c2)o1. The number of hydrogen-bond donors (Lipinski definition) is 0. The van der Waals surface area contributed by atoms with Crippen LogP contribution in [-0.2, 0) is 0 Å². The van der Waals surface area contributed by atoms with Gasteiger partial charge in [0.1, 0.15) is 23.0 Å². The normalized spacial score (nSPS) is 20.7. The van der Waals surface area contributed by atoms with E-state index in [1.54, 1.807) is 0 Å². The van der Waals surface area contributed by atoms with Crippen molar-refractivity contribution < 1.29 is 9.15 Å². The fraction of sp³-hybridized carbons (Fsp3) is 0.190. The Bertz CT molecular complexity index is 1060. The van der Waals surface area contributed by atoms with Crippen molar-refractivity contribution in [3.05, 3.63) is 86.7 Å². The summed E-state index contributed by atoms with van der Waals surface area (Å²) >= 11 is 9.80. The summed E-state index contributed by atoms with van der Waals surface area (Å²) in [4.78, 5) is 0. The first-order valence-electron chi connectivity index (χ1n) is 8.73. The molecule has 27 heavy (non-hydrogen) atoms. The third-order valence-electron chi connectivity index (χ3n) is 4.91. The molecule has 0 fully saturated rings. The van der Waals surface area contributed by atoms with Crippen LogP contribution < -0.4 is 4.74 Å². The van der Waals surface area contributed by atoms with E-state index >= 15 is 0 Å². The second-order valence-electron chi connectivity index (χ2n) is 6.76. The van der Waals surface area contributed by atoms with Gasteiger partial charge >= 0.3 is 0 Å². The van der Waals surface area contributed by atoms with Crippen LogP contribution in [0.4, 0.5) is 0 Å². The standard InChI is InChI=1S/C21H16BrClN2O2/c1-12-5-7-20(26-12)17-11-18-16-10-14(22)6-8-19(16)27-21(25(18)24-17)13-3-2-4-15(23)9-13/h2-10,18,21H,11H2,1H3. The largest absolute Gasteiger partial charge is 0.464 e. The summed E-state index contributed by atoms with van der Waals surface area (Å²) in [5.41, 5.74) is 3.02. The quantitative estimate of drug-likeness (QED) is 0.470. The van der Waals surface area contributed by atoms with Gasteiger partial charge in [-0.3, -0.25) is 0 Å². The van der Waals surface area contributed by atoms with E-state index in [9.17, 15) is 0 Å². The van der Waals surface area contributed by atoms with Crippen LogP contribution in [0.3, 0.4) is 0 Å². The zero-order chi connectivity index (χ0) is 18.5. The van der Waals surface area contributed by atoms with Crippen molar-refractivity contribution >= 4 is 33.2 Å². The first-order valence-corrected chi connectivity index (χ1v) is 9.90. The van der Waals surface area contributed by atoms with E-state index in [0.717, 1.165) is 45.0 Å². The maximum atomic E-state index is 6.34. The lowest BCUT2D eigenvalue weighted by Crippen LogP contribution is -2.33. The highest BCUT2D eigenvalue weighted by Gasteiger charge is 2.41. The molecule has 0 aliphatic carbocycles.